The molecule has 2 aromatic heterocycles. The van der Waals surface area contributed by atoms with Crippen LogP contribution in [0.25, 0.3) is 22.5 Å². The van der Waals surface area contributed by atoms with Gasteiger partial charge in [-0.2, -0.15) is 0 Å². The molecular formula is C56H71Cl3N6O9. The molecule has 74 heavy (non-hydrogen) atoms. The van der Waals surface area contributed by atoms with Gasteiger partial charge in [0.2, 0.25) is 0 Å². The number of hydrogen-bond acceptors (Lipinski definition) is 13. The second-order valence-corrected chi connectivity index (χ2v) is 19.0. The number of nitrogens with zero attached hydrogens (tertiary/aromatic N) is 5. The number of carbonyl (C=O) groups excluding carboxylic acids is 3. The van der Waals surface area contributed by atoms with E-state index in [2.05, 4.69) is 25.9 Å². The number of carbonyl (C=O) groups is 3. The molecule has 6 rings (SSSR count). The summed E-state index contributed by atoms with van der Waals surface area (Å²) in [6, 6.07) is 26.3. The van der Waals surface area contributed by atoms with Gasteiger partial charge in [0.1, 0.15) is 24.3 Å². The maximum Gasteiger partial charge on any atom is 0.195 e. The van der Waals surface area contributed by atoms with Crippen molar-refractivity contribution >= 4 is 58.7 Å². The van der Waals surface area contributed by atoms with Crippen LogP contribution in [0.2, 0.25) is 10.0 Å². The molecule has 15 nitrogen and oxygen atoms in total. The van der Waals surface area contributed by atoms with Crippen LogP contribution in [0.3, 0.4) is 0 Å². The Morgan fingerprint density at radius 1 is 0.649 bits per heavy atom. The van der Waals surface area contributed by atoms with Crippen LogP contribution in [-0.2, 0) is 36.6 Å². The zero-order valence-electron chi connectivity index (χ0n) is 43.9. The Morgan fingerprint density at radius 2 is 1.03 bits per heavy atom. The molecule has 0 aliphatic heterocycles. The minimum Gasteiger partial charge on any atom is -0.489 e. The van der Waals surface area contributed by atoms with Crippen molar-refractivity contribution in [2.45, 2.75) is 92.3 Å². The molecule has 6 aromatic rings. The molecule has 2 heterocycles. The van der Waals surface area contributed by atoms with E-state index in [9.17, 15) is 24.6 Å². The Morgan fingerprint density at radius 3 is 1.35 bits per heavy atom. The van der Waals surface area contributed by atoms with E-state index >= 15 is 0 Å². The highest BCUT2D eigenvalue weighted by molar-refractivity contribution is 6.32. The topological polar surface area (TPSA) is 203 Å². The number of ether oxygens (including phenoxy) is 2. The minimum absolute atomic E-state index is 0. The highest BCUT2D eigenvalue weighted by Crippen LogP contribution is 2.31. The number of ketones is 3. The van der Waals surface area contributed by atoms with E-state index in [1.54, 1.807) is 48.0 Å². The Kier molecular flexibility index (Phi) is 26.2. The predicted octanol–water partition coefficient (Wildman–Crippen LogP) is 11.2. The molecule has 0 saturated carbocycles. The number of halogens is 3. The van der Waals surface area contributed by atoms with Gasteiger partial charge in [0, 0.05) is 81.7 Å². The summed E-state index contributed by atoms with van der Waals surface area (Å²) in [7, 11) is 6.64. The molecule has 0 radical (unpaired) electrons. The average molecular weight is 1080 g/mol. The quantitative estimate of drug-likeness (QED) is 0.0312. The van der Waals surface area contributed by atoms with E-state index < -0.39 is 0 Å². The monoisotopic (exact) mass is 1080 g/mol. The lowest BCUT2D eigenvalue weighted by atomic mass is 9.89. The van der Waals surface area contributed by atoms with Gasteiger partial charge >= 0.3 is 0 Å². The van der Waals surface area contributed by atoms with E-state index in [0.717, 1.165) is 39.5 Å². The van der Waals surface area contributed by atoms with Crippen molar-refractivity contribution in [1.29, 1.82) is 0 Å². The van der Waals surface area contributed by atoms with E-state index in [0.29, 0.717) is 82.7 Å². The molecule has 400 valence electrons. The third-order valence-corrected chi connectivity index (χ3v) is 12.0. The van der Waals surface area contributed by atoms with Gasteiger partial charge in [-0.05, 0) is 120 Å². The van der Waals surface area contributed by atoms with Gasteiger partial charge in [0.15, 0.2) is 29.0 Å². The third kappa shape index (κ3) is 19.1. The molecular weight excluding hydrogens is 1010 g/mol. The number of benzene rings is 4. The summed E-state index contributed by atoms with van der Waals surface area (Å²) in [5.74, 6) is 6.53. The largest absolute Gasteiger partial charge is 0.489 e. The summed E-state index contributed by atoms with van der Waals surface area (Å²) in [4.78, 5) is 55.3. The summed E-state index contributed by atoms with van der Waals surface area (Å²) in [6.07, 6.45) is 6.82. The third-order valence-electron chi connectivity index (χ3n) is 11.4. The van der Waals surface area contributed by atoms with Gasteiger partial charge in [0.25, 0.3) is 0 Å². The number of Topliss-reactive ketones (excluding diaryl/α,β-unsaturated/α-hetero) is 3. The van der Waals surface area contributed by atoms with Gasteiger partial charge in [-0.3, -0.25) is 14.4 Å². The second kappa shape index (κ2) is 31.1. The number of aromatic nitrogens is 4. The van der Waals surface area contributed by atoms with Gasteiger partial charge < -0.3 is 38.5 Å². The van der Waals surface area contributed by atoms with Crippen molar-refractivity contribution in [3.8, 4) is 34.0 Å². The molecule has 2 atom stereocenters. The molecule has 0 spiro atoms. The first-order valence-corrected chi connectivity index (χ1v) is 24.8. The summed E-state index contributed by atoms with van der Waals surface area (Å²) in [5, 5.41) is 23.9. The normalized spacial score (nSPS) is 11.9. The number of imidazole rings is 2. The summed E-state index contributed by atoms with van der Waals surface area (Å²) in [6.45, 7) is 11.1. The number of hydrogen-bond donors (Lipinski definition) is 3. The van der Waals surface area contributed by atoms with Crippen LogP contribution in [-0.4, -0.2) is 92.0 Å². The van der Waals surface area contributed by atoms with Crippen LogP contribution in [0.4, 0.5) is 0 Å². The molecule has 0 aliphatic rings. The summed E-state index contributed by atoms with van der Waals surface area (Å²) >= 11 is 12.6. The molecule has 18 heteroatoms. The van der Waals surface area contributed by atoms with Gasteiger partial charge in [0.05, 0.1) is 40.8 Å². The van der Waals surface area contributed by atoms with Gasteiger partial charge in [-0.15, -0.1) is 12.4 Å². The number of aliphatic hydroxyl groups excluding tert-OH is 2. The number of oxime groups is 1. The van der Waals surface area contributed by atoms with E-state index in [4.69, 9.17) is 37.5 Å². The molecule has 0 saturated heterocycles. The second-order valence-electron chi connectivity index (χ2n) is 18.2. The standard InChI is InChI=1S/C28H34ClN3O4.C27H31ClN2O4.CH5NO.ClH/c1-18(2)36-27-11-10-23(16-24(27)29)26(34)15-21(12-13-33)14-20-6-8-22(9-7-20)25-17-32(4)28(30-25)19(3)31-35-5;1-17(2)34-26-10-9-22(15-23(26)28)25(33)14-20(11-12-31)13-19-5-7-21(8-6-19)24-16-30(4)27(29-24)18(3)32;1-3-2;/h6-11,16-18,21,33H,12-15H2,1-5H3;5-10,15-17,20,31H,11-14H2,1-4H3;2H2,1H3;1H/b31-19+;;;/t21-;20-;;/m11../s1. The fraction of sp³-hybridized carbons (Fsp3) is 0.393. The van der Waals surface area contributed by atoms with Crippen LogP contribution in [0, 0.1) is 11.8 Å². The molecule has 4 N–H and O–H groups in total. The van der Waals surface area contributed by atoms with Crippen LogP contribution >= 0.6 is 35.6 Å². The predicted molar refractivity (Wildman–Crippen MR) is 295 cm³/mol. The van der Waals surface area contributed by atoms with Crippen LogP contribution in [0.1, 0.15) is 116 Å². The Hall–Kier alpha value is -5.91. The Bertz CT molecular complexity index is 2760. The van der Waals surface area contributed by atoms with Crippen molar-refractivity contribution < 1.29 is 43.7 Å². The maximum absolute atomic E-state index is 13.0. The highest BCUT2D eigenvalue weighted by Gasteiger charge is 2.20. The molecule has 4 aromatic carbocycles. The molecule has 0 amide bonds. The van der Waals surface area contributed by atoms with E-state index in [1.807, 2.05) is 107 Å². The lowest BCUT2D eigenvalue weighted by molar-refractivity contribution is 0.0944. The zero-order valence-corrected chi connectivity index (χ0v) is 46.3. The number of nitrogens with two attached hydrogens (primary N) is 1. The van der Waals surface area contributed by atoms with Gasteiger partial charge in [-0.1, -0.05) is 76.9 Å². The lowest BCUT2D eigenvalue weighted by Crippen LogP contribution is -2.13. The lowest BCUT2D eigenvalue weighted by Gasteiger charge is -2.16. The average Bonchev–Trinajstić information content (AvgIpc) is 3.93. The van der Waals surface area contributed by atoms with Crippen molar-refractivity contribution in [3.63, 3.8) is 0 Å². The first-order chi connectivity index (χ1) is 34.8. The summed E-state index contributed by atoms with van der Waals surface area (Å²) < 4.78 is 14.9. The van der Waals surface area contributed by atoms with Gasteiger partial charge in [-0.25, -0.2) is 15.9 Å². The summed E-state index contributed by atoms with van der Waals surface area (Å²) in [5.41, 5.74) is 7.43. The van der Waals surface area contributed by atoms with Crippen LogP contribution < -0.4 is 15.4 Å². The SMILES string of the molecule is CC(=O)c1nc(-c2ccc(C[C@@H](CCO)CC(=O)c3ccc(OC(C)C)c(Cl)c3)cc2)cn1C.CO/N=C(\C)c1nc(-c2ccc(C[C@@H](CCO)CC(=O)c3ccc(OC(C)C)c(Cl)c3)cc2)cn1C.CON.Cl. The molecule has 0 bridgehead atoms. The van der Waals surface area contributed by atoms with E-state index in [-0.39, 0.29) is 67.0 Å². The first kappa shape index (κ1) is 62.4. The van der Waals surface area contributed by atoms with Crippen molar-refractivity contribution in [2.75, 3.05) is 27.4 Å². The minimum atomic E-state index is -0.0785. The highest BCUT2D eigenvalue weighted by atomic mass is 35.5. The number of aliphatic hydroxyl groups is 2. The Balaban J connectivity index is 0.000000366. The zero-order chi connectivity index (χ0) is 53.8. The fourth-order valence-corrected chi connectivity index (χ4v) is 8.52. The fourth-order valence-electron chi connectivity index (χ4n) is 8.07. The first-order valence-electron chi connectivity index (χ1n) is 24.1. The number of aryl methyl sites for hydroxylation is 2. The van der Waals surface area contributed by atoms with Crippen molar-refractivity contribution in [2.24, 2.45) is 37.0 Å². The molecule has 0 fully saturated rings. The van der Waals surface area contributed by atoms with Crippen molar-refractivity contribution in [1.82, 2.24) is 19.1 Å². The van der Waals surface area contributed by atoms with Crippen LogP contribution in [0.15, 0.2) is 102 Å². The molecule has 0 aliphatic carbocycles. The van der Waals surface area contributed by atoms with Crippen LogP contribution in [0.5, 0.6) is 11.5 Å². The van der Waals surface area contributed by atoms with E-state index in [1.165, 1.54) is 21.1 Å². The number of rotatable bonds is 23. The van der Waals surface area contributed by atoms with Crippen molar-refractivity contribution in [3.05, 3.63) is 141 Å². The maximum atomic E-state index is 13.0. The Labute approximate surface area is 451 Å². The molecule has 0 unspecified atom stereocenters. The smallest absolute Gasteiger partial charge is 0.195 e.